The van der Waals surface area contributed by atoms with Gasteiger partial charge in [-0.25, -0.2) is 0 Å². The molecule has 2 aromatic carbocycles. The SMILES string of the molecule is COc1ccc(NC2=C(C(=N)C(N)=O)CCN(c3ccc(CN4CCNCC4)c(OC)c3)C2=O)cc1. The highest BCUT2D eigenvalue weighted by atomic mass is 16.5. The molecule has 36 heavy (non-hydrogen) atoms. The highest BCUT2D eigenvalue weighted by Crippen LogP contribution is 2.32. The van der Waals surface area contributed by atoms with Gasteiger partial charge in [0.25, 0.3) is 11.8 Å². The van der Waals surface area contributed by atoms with Gasteiger partial charge in [-0.2, -0.15) is 0 Å². The van der Waals surface area contributed by atoms with E-state index in [1.54, 1.807) is 43.4 Å². The molecule has 0 bridgehead atoms. The molecule has 0 unspecified atom stereocenters. The first kappa shape index (κ1) is 25.2. The second-order valence-electron chi connectivity index (χ2n) is 8.68. The van der Waals surface area contributed by atoms with Crippen LogP contribution >= 0.6 is 0 Å². The van der Waals surface area contributed by atoms with Gasteiger partial charge in [-0.3, -0.25) is 19.9 Å². The van der Waals surface area contributed by atoms with Crippen LogP contribution in [0.2, 0.25) is 0 Å². The fourth-order valence-corrected chi connectivity index (χ4v) is 4.45. The zero-order valence-corrected chi connectivity index (χ0v) is 20.6. The van der Waals surface area contributed by atoms with E-state index in [-0.39, 0.29) is 17.3 Å². The minimum Gasteiger partial charge on any atom is -0.497 e. The van der Waals surface area contributed by atoms with Crippen LogP contribution in [0.15, 0.2) is 53.7 Å². The fourth-order valence-electron chi connectivity index (χ4n) is 4.45. The number of hydrogen-bond acceptors (Lipinski definition) is 8. The number of nitrogens with two attached hydrogens (primary N) is 1. The van der Waals surface area contributed by atoms with Gasteiger partial charge in [0.2, 0.25) is 0 Å². The monoisotopic (exact) mass is 492 g/mol. The van der Waals surface area contributed by atoms with Crippen molar-refractivity contribution in [2.45, 2.75) is 13.0 Å². The number of primary amides is 1. The van der Waals surface area contributed by atoms with Crippen molar-refractivity contribution in [3.05, 3.63) is 59.3 Å². The molecule has 0 aliphatic carbocycles. The van der Waals surface area contributed by atoms with Crippen molar-refractivity contribution in [3.8, 4) is 11.5 Å². The summed E-state index contributed by atoms with van der Waals surface area (Å²) in [7, 11) is 3.20. The van der Waals surface area contributed by atoms with Gasteiger partial charge in [0.05, 0.1) is 14.2 Å². The molecule has 10 nitrogen and oxygen atoms in total. The molecule has 4 rings (SSSR count). The summed E-state index contributed by atoms with van der Waals surface area (Å²) in [5.41, 5.74) is 7.82. The molecule has 10 heteroatoms. The molecule has 5 N–H and O–H groups in total. The van der Waals surface area contributed by atoms with Gasteiger partial charge in [-0.15, -0.1) is 0 Å². The molecule has 2 heterocycles. The van der Waals surface area contributed by atoms with E-state index in [1.165, 1.54) is 0 Å². The van der Waals surface area contributed by atoms with Gasteiger partial charge in [0, 0.05) is 67.8 Å². The Hall–Kier alpha value is -3.89. The minimum absolute atomic E-state index is 0.152. The number of ether oxygens (including phenoxy) is 2. The zero-order valence-electron chi connectivity index (χ0n) is 20.6. The first-order valence-electron chi connectivity index (χ1n) is 11.9. The van der Waals surface area contributed by atoms with Gasteiger partial charge >= 0.3 is 0 Å². The van der Waals surface area contributed by atoms with Crippen LogP contribution < -0.4 is 30.7 Å². The standard InChI is InChI=1S/C26H32N6O4/c1-35-20-7-4-18(5-8-20)30-24-21(23(27)25(28)33)9-12-32(26(24)34)19-6-3-17(22(15-19)36-2)16-31-13-10-29-11-14-31/h3-8,15,27,29-30H,9-14,16H2,1-2H3,(H2,28,33). The van der Waals surface area contributed by atoms with Gasteiger partial charge in [-0.1, -0.05) is 6.07 Å². The van der Waals surface area contributed by atoms with Crippen molar-refractivity contribution in [1.29, 1.82) is 5.41 Å². The number of anilines is 2. The number of rotatable bonds is 9. The van der Waals surface area contributed by atoms with E-state index < -0.39 is 5.91 Å². The summed E-state index contributed by atoms with van der Waals surface area (Å²) in [4.78, 5) is 29.4. The largest absolute Gasteiger partial charge is 0.497 e. The number of amides is 2. The Balaban J connectivity index is 1.62. The number of carbonyl (C=O) groups excluding carboxylic acids is 2. The quantitative estimate of drug-likeness (QED) is 0.392. The molecule has 2 aliphatic heterocycles. The summed E-state index contributed by atoms with van der Waals surface area (Å²) in [5, 5.41) is 14.6. The van der Waals surface area contributed by atoms with Crippen molar-refractivity contribution in [2.75, 3.05) is 57.2 Å². The normalized spacial score (nSPS) is 16.6. The maximum absolute atomic E-state index is 13.7. The molecule has 0 radical (unpaired) electrons. The second-order valence-corrected chi connectivity index (χ2v) is 8.68. The summed E-state index contributed by atoms with van der Waals surface area (Å²) < 4.78 is 10.9. The molecule has 0 atom stereocenters. The maximum atomic E-state index is 13.7. The second kappa shape index (κ2) is 11.2. The van der Waals surface area contributed by atoms with Crippen LogP contribution in [0, 0.1) is 5.41 Å². The maximum Gasteiger partial charge on any atom is 0.275 e. The topological polar surface area (TPSA) is 133 Å². The van der Waals surface area contributed by atoms with Gasteiger partial charge in [0.1, 0.15) is 22.9 Å². The molecule has 2 amide bonds. The van der Waals surface area contributed by atoms with Crippen molar-refractivity contribution < 1.29 is 19.1 Å². The Morgan fingerprint density at radius 1 is 1.08 bits per heavy atom. The number of benzene rings is 2. The van der Waals surface area contributed by atoms with Crippen LogP contribution in [0.3, 0.4) is 0 Å². The lowest BCUT2D eigenvalue weighted by Gasteiger charge is -2.32. The van der Waals surface area contributed by atoms with Gasteiger partial charge in [-0.05, 0) is 36.8 Å². The van der Waals surface area contributed by atoms with E-state index in [0.717, 1.165) is 38.3 Å². The van der Waals surface area contributed by atoms with Crippen LogP contribution in [0.25, 0.3) is 0 Å². The van der Waals surface area contributed by atoms with Crippen molar-refractivity contribution in [2.24, 2.45) is 5.73 Å². The molecule has 2 aromatic rings. The summed E-state index contributed by atoms with van der Waals surface area (Å²) in [6.45, 7) is 4.93. The zero-order chi connectivity index (χ0) is 25.7. The summed E-state index contributed by atoms with van der Waals surface area (Å²) in [6, 6.07) is 12.8. The highest BCUT2D eigenvalue weighted by Gasteiger charge is 2.32. The summed E-state index contributed by atoms with van der Waals surface area (Å²) in [5.74, 6) is 0.154. The lowest BCUT2D eigenvalue weighted by atomic mass is 9.98. The molecule has 1 fully saturated rings. The van der Waals surface area contributed by atoms with Gasteiger partial charge < -0.3 is 30.7 Å². The molecule has 0 spiro atoms. The minimum atomic E-state index is -0.876. The molecule has 190 valence electrons. The van der Waals surface area contributed by atoms with E-state index in [0.29, 0.717) is 41.4 Å². The van der Waals surface area contributed by atoms with E-state index in [1.807, 2.05) is 18.2 Å². The Bertz CT molecular complexity index is 1170. The number of nitrogens with one attached hydrogen (secondary N) is 3. The Labute approximate surface area is 210 Å². The number of carbonyl (C=O) groups is 2. The molecule has 0 saturated carbocycles. The van der Waals surface area contributed by atoms with Crippen LogP contribution in [-0.2, 0) is 16.1 Å². The van der Waals surface area contributed by atoms with Crippen LogP contribution in [-0.4, -0.2) is 69.4 Å². The van der Waals surface area contributed by atoms with Crippen molar-refractivity contribution >= 4 is 28.9 Å². The third-order valence-corrected chi connectivity index (χ3v) is 6.44. The Kier molecular flexibility index (Phi) is 7.87. The van der Waals surface area contributed by atoms with Crippen LogP contribution in [0.4, 0.5) is 11.4 Å². The third-order valence-electron chi connectivity index (χ3n) is 6.44. The van der Waals surface area contributed by atoms with Crippen molar-refractivity contribution in [1.82, 2.24) is 10.2 Å². The number of nitrogens with zero attached hydrogens (tertiary/aromatic N) is 2. The Morgan fingerprint density at radius 2 is 1.81 bits per heavy atom. The fraction of sp³-hybridized carbons (Fsp3) is 0.346. The predicted octanol–water partition coefficient (Wildman–Crippen LogP) is 1.72. The van der Waals surface area contributed by atoms with E-state index in [4.69, 9.17) is 20.6 Å². The lowest BCUT2D eigenvalue weighted by molar-refractivity contribution is -0.115. The van der Waals surface area contributed by atoms with Crippen LogP contribution in [0.1, 0.15) is 12.0 Å². The number of piperazine rings is 1. The van der Waals surface area contributed by atoms with E-state index in [2.05, 4.69) is 15.5 Å². The Morgan fingerprint density at radius 3 is 2.44 bits per heavy atom. The molecular weight excluding hydrogens is 460 g/mol. The average molecular weight is 493 g/mol. The average Bonchev–Trinajstić information content (AvgIpc) is 2.90. The molecular formula is C26H32N6O4. The molecule has 1 saturated heterocycles. The predicted molar refractivity (Wildman–Crippen MR) is 139 cm³/mol. The first-order valence-corrected chi connectivity index (χ1v) is 11.9. The number of hydrogen-bond donors (Lipinski definition) is 4. The van der Waals surface area contributed by atoms with E-state index >= 15 is 0 Å². The van der Waals surface area contributed by atoms with Gasteiger partial charge in [0.15, 0.2) is 0 Å². The van der Waals surface area contributed by atoms with Crippen molar-refractivity contribution in [3.63, 3.8) is 0 Å². The summed E-state index contributed by atoms with van der Waals surface area (Å²) in [6.07, 6.45) is 0.302. The first-order chi connectivity index (χ1) is 17.4. The smallest absolute Gasteiger partial charge is 0.275 e. The number of methoxy groups -OCH3 is 2. The lowest BCUT2D eigenvalue weighted by Crippen LogP contribution is -2.43. The summed E-state index contributed by atoms with van der Waals surface area (Å²) >= 11 is 0. The molecule has 0 aromatic heterocycles. The molecule has 2 aliphatic rings. The van der Waals surface area contributed by atoms with Crippen LogP contribution in [0.5, 0.6) is 11.5 Å². The third kappa shape index (κ3) is 5.50. The van der Waals surface area contributed by atoms with E-state index in [9.17, 15) is 9.59 Å². The highest BCUT2D eigenvalue weighted by molar-refractivity contribution is 6.44.